The summed E-state index contributed by atoms with van der Waals surface area (Å²) in [6.07, 6.45) is 2.40. The van der Waals surface area contributed by atoms with E-state index in [-0.39, 0.29) is 6.09 Å². The standard InChI is InChI=1S/C10H16INO3S/c1-10(2,3)14-9(13)12-6-4-8(5-7-12)15-16-11/h4H,5-7H2,1-3H3. The molecule has 0 aromatic rings. The second-order valence-corrected chi connectivity index (χ2v) is 5.86. The number of rotatable bonds is 2. The third kappa shape index (κ3) is 4.82. The fourth-order valence-electron chi connectivity index (χ4n) is 1.26. The summed E-state index contributed by atoms with van der Waals surface area (Å²) in [7, 11) is 1.29. The van der Waals surface area contributed by atoms with Gasteiger partial charge in [-0.25, -0.2) is 4.79 Å². The van der Waals surface area contributed by atoms with Crippen LogP contribution >= 0.6 is 30.4 Å². The summed E-state index contributed by atoms with van der Waals surface area (Å²) in [5, 5.41) is 0. The average molecular weight is 357 g/mol. The molecule has 0 radical (unpaired) electrons. The molecular weight excluding hydrogens is 341 g/mol. The van der Waals surface area contributed by atoms with Gasteiger partial charge in [-0.1, -0.05) is 0 Å². The minimum Gasteiger partial charge on any atom is -0.444 e. The van der Waals surface area contributed by atoms with Crippen LogP contribution in [0, 0.1) is 0 Å². The van der Waals surface area contributed by atoms with Crippen LogP contribution in [0.2, 0.25) is 0 Å². The Hall–Kier alpha value is -0.110. The van der Waals surface area contributed by atoms with Gasteiger partial charge in [0.05, 0.1) is 0 Å². The first-order valence-corrected chi connectivity index (χ1v) is 8.33. The van der Waals surface area contributed by atoms with Crippen molar-refractivity contribution in [2.75, 3.05) is 13.1 Å². The molecule has 0 saturated heterocycles. The van der Waals surface area contributed by atoms with Crippen LogP contribution in [0.3, 0.4) is 0 Å². The maximum atomic E-state index is 11.7. The molecule has 0 atom stereocenters. The van der Waals surface area contributed by atoms with E-state index in [1.165, 1.54) is 9.21 Å². The summed E-state index contributed by atoms with van der Waals surface area (Å²) in [5.74, 6) is 0.930. The Labute approximate surface area is 113 Å². The van der Waals surface area contributed by atoms with Crippen molar-refractivity contribution in [3.05, 3.63) is 11.8 Å². The van der Waals surface area contributed by atoms with Crippen LogP contribution in [-0.2, 0) is 8.92 Å². The van der Waals surface area contributed by atoms with Gasteiger partial charge in [0.25, 0.3) is 0 Å². The first-order valence-electron chi connectivity index (χ1n) is 5.04. The third-order valence-corrected chi connectivity index (χ3v) is 2.77. The number of hydrogen-bond donors (Lipinski definition) is 0. The molecule has 1 heterocycles. The normalized spacial score (nSPS) is 16.8. The van der Waals surface area contributed by atoms with Crippen molar-refractivity contribution in [2.24, 2.45) is 0 Å². The zero-order valence-corrected chi connectivity index (χ0v) is 12.6. The molecule has 1 aliphatic rings. The molecule has 1 aliphatic heterocycles. The van der Waals surface area contributed by atoms with Crippen LogP contribution in [0.4, 0.5) is 4.79 Å². The highest BCUT2D eigenvalue weighted by Crippen LogP contribution is 2.23. The van der Waals surface area contributed by atoms with E-state index in [2.05, 4.69) is 21.2 Å². The van der Waals surface area contributed by atoms with Crippen LogP contribution in [0.5, 0.6) is 0 Å². The number of amides is 1. The van der Waals surface area contributed by atoms with Gasteiger partial charge in [-0.05, 0) is 26.8 Å². The van der Waals surface area contributed by atoms with Crippen molar-refractivity contribution in [3.8, 4) is 0 Å². The van der Waals surface area contributed by atoms with Gasteiger partial charge in [0.2, 0.25) is 0 Å². The molecule has 0 aliphatic carbocycles. The molecule has 0 aromatic heterocycles. The van der Waals surface area contributed by atoms with Crippen molar-refractivity contribution in [1.29, 1.82) is 0 Å². The molecule has 1 rings (SSSR count). The predicted octanol–water partition coefficient (Wildman–Crippen LogP) is 3.53. The summed E-state index contributed by atoms with van der Waals surface area (Å²) in [4.78, 5) is 13.4. The highest BCUT2D eigenvalue weighted by molar-refractivity contribution is 14.2. The van der Waals surface area contributed by atoms with E-state index in [4.69, 9.17) is 8.92 Å². The summed E-state index contributed by atoms with van der Waals surface area (Å²) < 4.78 is 10.6. The van der Waals surface area contributed by atoms with Gasteiger partial charge in [0, 0.05) is 40.7 Å². The lowest BCUT2D eigenvalue weighted by Gasteiger charge is -2.28. The maximum Gasteiger partial charge on any atom is 0.410 e. The zero-order chi connectivity index (χ0) is 12.2. The fraction of sp³-hybridized carbons (Fsp3) is 0.700. The van der Waals surface area contributed by atoms with E-state index in [0.29, 0.717) is 13.1 Å². The van der Waals surface area contributed by atoms with Crippen LogP contribution in [0.25, 0.3) is 0 Å². The van der Waals surface area contributed by atoms with Gasteiger partial charge in [-0.15, -0.1) is 0 Å². The Balaban J connectivity index is 2.44. The summed E-state index contributed by atoms with van der Waals surface area (Å²) >= 11 is 2.07. The van der Waals surface area contributed by atoms with Crippen molar-refractivity contribution in [3.63, 3.8) is 0 Å². The molecule has 0 unspecified atom stereocenters. The number of nitrogens with zero attached hydrogens (tertiary/aromatic N) is 1. The van der Waals surface area contributed by atoms with Crippen LogP contribution in [0.1, 0.15) is 27.2 Å². The number of hydrogen-bond acceptors (Lipinski definition) is 4. The molecule has 0 N–H and O–H groups in total. The first kappa shape index (κ1) is 14.0. The van der Waals surface area contributed by atoms with E-state index in [1.807, 2.05) is 26.8 Å². The lowest BCUT2D eigenvalue weighted by Crippen LogP contribution is -2.39. The Bertz CT molecular complexity index is 288. The van der Waals surface area contributed by atoms with Gasteiger partial charge in [-0.2, -0.15) is 0 Å². The molecule has 16 heavy (non-hydrogen) atoms. The molecule has 6 heteroatoms. The Morgan fingerprint density at radius 1 is 1.56 bits per heavy atom. The summed E-state index contributed by atoms with van der Waals surface area (Å²) in [6, 6.07) is 0. The zero-order valence-electron chi connectivity index (χ0n) is 9.66. The predicted molar refractivity (Wildman–Crippen MR) is 73.2 cm³/mol. The number of halogens is 1. The Morgan fingerprint density at radius 2 is 2.25 bits per heavy atom. The van der Waals surface area contributed by atoms with E-state index in [0.717, 1.165) is 12.2 Å². The van der Waals surface area contributed by atoms with E-state index >= 15 is 0 Å². The molecule has 0 saturated carbocycles. The molecule has 0 aromatic carbocycles. The second kappa shape index (κ2) is 6.00. The van der Waals surface area contributed by atoms with Gasteiger partial charge >= 0.3 is 6.09 Å². The van der Waals surface area contributed by atoms with Gasteiger partial charge in [0.1, 0.15) is 20.6 Å². The van der Waals surface area contributed by atoms with Crippen molar-refractivity contribution in [1.82, 2.24) is 4.90 Å². The smallest absolute Gasteiger partial charge is 0.410 e. The number of ether oxygens (including phenoxy) is 1. The third-order valence-electron chi connectivity index (χ3n) is 1.96. The second-order valence-electron chi connectivity index (χ2n) is 4.49. The van der Waals surface area contributed by atoms with Crippen molar-refractivity contribution >= 4 is 36.5 Å². The van der Waals surface area contributed by atoms with Gasteiger partial charge in [-0.3, -0.25) is 0 Å². The highest BCUT2D eigenvalue weighted by atomic mass is 127. The quantitative estimate of drug-likeness (QED) is 0.560. The number of carbonyl (C=O) groups is 1. The Morgan fingerprint density at radius 3 is 2.69 bits per heavy atom. The van der Waals surface area contributed by atoms with Gasteiger partial charge in [0.15, 0.2) is 0 Å². The maximum absolute atomic E-state index is 11.7. The average Bonchev–Trinajstić information content (AvgIpc) is 2.16. The largest absolute Gasteiger partial charge is 0.444 e. The van der Waals surface area contributed by atoms with Crippen LogP contribution < -0.4 is 0 Å². The van der Waals surface area contributed by atoms with E-state index < -0.39 is 5.60 Å². The molecule has 4 nitrogen and oxygen atoms in total. The first-order chi connectivity index (χ1) is 7.42. The Kier molecular flexibility index (Phi) is 5.23. The fourth-order valence-corrected chi connectivity index (χ4v) is 2.18. The van der Waals surface area contributed by atoms with Crippen molar-refractivity contribution < 1.29 is 13.7 Å². The minimum atomic E-state index is -0.435. The SMILES string of the molecule is CC(C)(C)OC(=O)N1CC=C(OSI)CC1. The van der Waals surface area contributed by atoms with E-state index in [9.17, 15) is 4.79 Å². The molecule has 0 fully saturated rings. The minimum absolute atomic E-state index is 0.259. The molecule has 1 amide bonds. The lowest BCUT2D eigenvalue weighted by atomic mass is 10.2. The topological polar surface area (TPSA) is 38.8 Å². The highest BCUT2D eigenvalue weighted by Gasteiger charge is 2.23. The summed E-state index contributed by atoms with van der Waals surface area (Å²) in [6.45, 7) is 6.81. The van der Waals surface area contributed by atoms with Crippen LogP contribution in [0.15, 0.2) is 11.8 Å². The molecular formula is C10H16INO3S. The molecule has 92 valence electrons. The van der Waals surface area contributed by atoms with Crippen molar-refractivity contribution in [2.45, 2.75) is 32.8 Å². The number of carbonyl (C=O) groups excluding carboxylic acids is 1. The van der Waals surface area contributed by atoms with Gasteiger partial charge < -0.3 is 13.8 Å². The molecule has 0 spiro atoms. The monoisotopic (exact) mass is 357 g/mol. The lowest BCUT2D eigenvalue weighted by molar-refractivity contribution is 0.0260. The summed E-state index contributed by atoms with van der Waals surface area (Å²) in [5.41, 5.74) is -0.435. The van der Waals surface area contributed by atoms with Crippen LogP contribution in [-0.4, -0.2) is 29.7 Å². The molecule has 0 bridgehead atoms. The van der Waals surface area contributed by atoms with E-state index in [1.54, 1.807) is 4.90 Å².